The lowest BCUT2D eigenvalue weighted by Crippen LogP contribution is -2.38. The van der Waals surface area contributed by atoms with Crippen LogP contribution in [-0.2, 0) is 11.2 Å². The van der Waals surface area contributed by atoms with Crippen LogP contribution in [0.4, 0.5) is 4.79 Å². The molecule has 1 rings (SSSR count). The average Bonchev–Trinajstić information content (AvgIpc) is 2.51. The van der Waals surface area contributed by atoms with Crippen molar-refractivity contribution in [2.45, 2.75) is 51.7 Å². The Morgan fingerprint density at radius 2 is 1.92 bits per heavy atom. The number of carbonyl (C=O) groups excluding carboxylic acids is 1. The van der Waals surface area contributed by atoms with Gasteiger partial charge in [0.05, 0.1) is 6.54 Å². The fourth-order valence-electron chi connectivity index (χ4n) is 1.99. The molecule has 24 heavy (non-hydrogen) atoms. The van der Waals surface area contributed by atoms with Gasteiger partial charge in [-0.05, 0) is 64.3 Å². The Kier molecular flexibility index (Phi) is 8.57. The van der Waals surface area contributed by atoms with Crippen LogP contribution in [0.3, 0.4) is 0 Å². The van der Waals surface area contributed by atoms with E-state index in [-0.39, 0.29) is 13.2 Å². The lowest BCUT2D eigenvalue weighted by Gasteiger charge is -2.20. The van der Waals surface area contributed by atoms with Gasteiger partial charge < -0.3 is 25.6 Å². The molecule has 0 fully saturated rings. The first kappa shape index (κ1) is 20.3. The zero-order chi connectivity index (χ0) is 18.0. The van der Waals surface area contributed by atoms with Gasteiger partial charge in [-0.25, -0.2) is 4.79 Å². The maximum Gasteiger partial charge on any atom is 0.407 e. The van der Waals surface area contributed by atoms with Crippen molar-refractivity contribution in [3.8, 4) is 5.75 Å². The van der Waals surface area contributed by atoms with E-state index in [4.69, 9.17) is 15.2 Å². The second-order valence-electron chi connectivity index (χ2n) is 6.74. The third-order valence-electron chi connectivity index (χ3n) is 3.17. The van der Waals surface area contributed by atoms with E-state index < -0.39 is 17.8 Å². The number of nitrogens with one attached hydrogen (secondary N) is 1. The van der Waals surface area contributed by atoms with Gasteiger partial charge in [0.1, 0.15) is 24.1 Å². The fraction of sp³-hybridized carbons (Fsp3) is 0.611. The molecule has 0 aliphatic carbocycles. The molecule has 1 amide bonds. The molecule has 0 saturated carbocycles. The monoisotopic (exact) mass is 338 g/mol. The first-order valence-electron chi connectivity index (χ1n) is 8.37. The van der Waals surface area contributed by atoms with Crippen molar-refractivity contribution in [2.75, 3.05) is 19.7 Å². The third kappa shape index (κ3) is 9.37. The van der Waals surface area contributed by atoms with E-state index in [1.54, 1.807) is 20.8 Å². The SMILES string of the molecule is CC(C)(C)OC(=O)NCC(O)COc1ccc(CCCCN)cc1. The summed E-state index contributed by atoms with van der Waals surface area (Å²) < 4.78 is 10.6. The number of hydrogen-bond acceptors (Lipinski definition) is 5. The predicted octanol–water partition coefficient (Wildman–Crippen LogP) is 2.23. The molecule has 0 saturated heterocycles. The zero-order valence-electron chi connectivity index (χ0n) is 14.9. The highest BCUT2D eigenvalue weighted by atomic mass is 16.6. The van der Waals surface area contributed by atoms with Crippen molar-refractivity contribution in [2.24, 2.45) is 5.73 Å². The van der Waals surface area contributed by atoms with E-state index in [1.165, 1.54) is 5.56 Å². The summed E-state index contributed by atoms with van der Waals surface area (Å²) in [5.74, 6) is 0.689. The molecule has 1 aromatic rings. The van der Waals surface area contributed by atoms with Gasteiger partial charge in [-0.15, -0.1) is 0 Å². The molecule has 1 aromatic carbocycles. The lowest BCUT2D eigenvalue weighted by atomic mass is 10.1. The van der Waals surface area contributed by atoms with E-state index in [2.05, 4.69) is 5.32 Å². The summed E-state index contributed by atoms with van der Waals surface area (Å²) in [6.07, 6.45) is 1.74. The Balaban J connectivity index is 2.26. The number of rotatable bonds is 9. The van der Waals surface area contributed by atoms with Crippen molar-refractivity contribution >= 4 is 6.09 Å². The molecule has 0 bridgehead atoms. The highest BCUT2D eigenvalue weighted by Gasteiger charge is 2.16. The number of carbonyl (C=O) groups is 1. The lowest BCUT2D eigenvalue weighted by molar-refractivity contribution is 0.0463. The van der Waals surface area contributed by atoms with Crippen LogP contribution >= 0.6 is 0 Å². The molecule has 6 heteroatoms. The fourth-order valence-corrected chi connectivity index (χ4v) is 1.99. The summed E-state index contributed by atoms with van der Waals surface area (Å²) in [5, 5.41) is 12.4. The molecule has 0 heterocycles. The van der Waals surface area contributed by atoms with Crippen LogP contribution in [0, 0.1) is 0 Å². The first-order chi connectivity index (χ1) is 11.3. The van der Waals surface area contributed by atoms with Gasteiger partial charge in [-0.3, -0.25) is 0 Å². The molecular formula is C18H30N2O4. The molecular weight excluding hydrogens is 308 g/mol. The molecule has 6 nitrogen and oxygen atoms in total. The van der Waals surface area contributed by atoms with Crippen LogP contribution < -0.4 is 15.8 Å². The van der Waals surface area contributed by atoms with E-state index in [1.807, 2.05) is 24.3 Å². The van der Waals surface area contributed by atoms with Gasteiger partial charge >= 0.3 is 6.09 Å². The summed E-state index contributed by atoms with van der Waals surface area (Å²) in [4.78, 5) is 11.5. The molecule has 0 radical (unpaired) electrons. The Labute approximate surface area is 144 Å². The van der Waals surface area contributed by atoms with Gasteiger partial charge in [-0.2, -0.15) is 0 Å². The number of aryl methyl sites for hydroxylation is 1. The number of nitrogens with two attached hydrogens (primary N) is 1. The Morgan fingerprint density at radius 3 is 2.50 bits per heavy atom. The smallest absolute Gasteiger partial charge is 0.407 e. The van der Waals surface area contributed by atoms with Gasteiger partial charge in [0, 0.05) is 0 Å². The van der Waals surface area contributed by atoms with Crippen molar-refractivity contribution in [1.29, 1.82) is 0 Å². The number of benzene rings is 1. The molecule has 0 aromatic heterocycles. The average molecular weight is 338 g/mol. The number of unbranched alkanes of at least 4 members (excludes halogenated alkanes) is 1. The number of hydrogen-bond donors (Lipinski definition) is 3. The molecule has 0 aliphatic heterocycles. The van der Waals surface area contributed by atoms with Crippen LogP contribution in [0.1, 0.15) is 39.2 Å². The van der Waals surface area contributed by atoms with E-state index >= 15 is 0 Å². The second kappa shape index (κ2) is 10.2. The highest BCUT2D eigenvalue weighted by Crippen LogP contribution is 2.14. The minimum Gasteiger partial charge on any atom is -0.491 e. The maximum atomic E-state index is 11.5. The van der Waals surface area contributed by atoms with Crippen LogP contribution in [0.15, 0.2) is 24.3 Å². The highest BCUT2D eigenvalue weighted by molar-refractivity contribution is 5.67. The first-order valence-corrected chi connectivity index (χ1v) is 8.37. The molecule has 4 N–H and O–H groups in total. The van der Waals surface area contributed by atoms with Crippen molar-refractivity contribution in [3.05, 3.63) is 29.8 Å². The number of amides is 1. The van der Waals surface area contributed by atoms with Gasteiger partial charge in [-0.1, -0.05) is 12.1 Å². The summed E-state index contributed by atoms with van der Waals surface area (Å²) in [6.45, 7) is 6.24. The topological polar surface area (TPSA) is 93.8 Å². The summed E-state index contributed by atoms with van der Waals surface area (Å²) >= 11 is 0. The summed E-state index contributed by atoms with van der Waals surface area (Å²) in [6, 6.07) is 7.78. The standard InChI is InChI=1S/C18H30N2O4/c1-18(2,3)24-17(22)20-12-15(21)13-23-16-9-7-14(8-10-16)6-4-5-11-19/h7-10,15,21H,4-6,11-13,19H2,1-3H3,(H,20,22). The summed E-state index contributed by atoms with van der Waals surface area (Å²) in [7, 11) is 0. The molecule has 136 valence electrons. The van der Waals surface area contributed by atoms with E-state index in [9.17, 15) is 9.90 Å². The van der Waals surface area contributed by atoms with Gasteiger partial charge in [0.25, 0.3) is 0 Å². The molecule has 0 aliphatic rings. The largest absolute Gasteiger partial charge is 0.491 e. The van der Waals surface area contributed by atoms with Crippen LogP contribution in [0.5, 0.6) is 5.75 Å². The molecule has 1 atom stereocenters. The Bertz CT molecular complexity index is 483. The minimum atomic E-state index is -0.804. The number of aliphatic hydroxyl groups is 1. The van der Waals surface area contributed by atoms with Crippen molar-refractivity contribution in [3.63, 3.8) is 0 Å². The van der Waals surface area contributed by atoms with Crippen molar-refractivity contribution in [1.82, 2.24) is 5.32 Å². The molecule has 0 spiro atoms. The van der Waals surface area contributed by atoms with Gasteiger partial charge in [0.2, 0.25) is 0 Å². The number of alkyl carbamates (subject to hydrolysis) is 1. The van der Waals surface area contributed by atoms with Crippen molar-refractivity contribution < 1.29 is 19.4 Å². The summed E-state index contributed by atoms with van der Waals surface area (Å²) in [5.41, 5.74) is 6.16. The quantitative estimate of drug-likeness (QED) is 0.600. The Hall–Kier alpha value is -1.79. The zero-order valence-corrected chi connectivity index (χ0v) is 14.9. The number of aliphatic hydroxyl groups excluding tert-OH is 1. The van der Waals surface area contributed by atoms with E-state index in [0.29, 0.717) is 5.75 Å². The van der Waals surface area contributed by atoms with Crippen LogP contribution in [0.2, 0.25) is 0 Å². The normalized spacial score (nSPS) is 12.5. The predicted molar refractivity (Wildman–Crippen MR) is 94.2 cm³/mol. The van der Waals surface area contributed by atoms with E-state index in [0.717, 1.165) is 25.8 Å². The minimum absolute atomic E-state index is 0.0755. The van der Waals surface area contributed by atoms with Crippen LogP contribution in [-0.4, -0.2) is 42.6 Å². The second-order valence-corrected chi connectivity index (χ2v) is 6.74. The third-order valence-corrected chi connectivity index (χ3v) is 3.17. The Morgan fingerprint density at radius 1 is 1.25 bits per heavy atom. The number of ether oxygens (including phenoxy) is 2. The maximum absolute atomic E-state index is 11.5. The van der Waals surface area contributed by atoms with Gasteiger partial charge in [0.15, 0.2) is 0 Å². The van der Waals surface area contributed by atoms with Crippen LogP contribution in [0.25, 0.3) is 0 Å². The molecule has 1 unspecified atom stereocenters.